The molecule has 7 heteroatoms. The fourth-order valence-corrected chi connectivity index (χ4v) is 4.67. The van der Waals surface area contributed by atoms with Crippen molar-refractivity contribution in [3.63, 3.8) is 0 Å². The molecule has 0 saturated heterocycles. The van der Waals surface area contributed by atoms with Gasteiger partial charge < -0.3 is 14.2 Å². The number of hydrazone groups is 1. The minimum atomic E-state index is -0.514. The minimum Gasteiger partial charge on any atom is -0.493 e. The Morgan fingerprint density at radius 3 is 2.02 bits per heavy atom. The van der Waals surface area contributed by atoms with Crippen LogP contribution >= 0.6 is 0 Å². The number of para-hydroxylation sites is 1. The molecule has 7 nitrogen and oxygen atoms in total. The summed E-state index contributed by atoms with van der Waals surface area (Å²) in [5.41, 5.74) is 3.86. The Morgan fingerprint density at radius 1 is 0.738 bits per heavy atom. The van der Waals surface area contributed by atoms with E-state index < -0.39 is 12.0 Å². The minimum absolute atomic E-state index is 0.283. The Balaban J connectivity index is 1.45. The fraction of sp³-hybridized carbons (Fsp3) is 0.114. The highest BCUT2D eigenvalue weighted by Crippen LogP contribution is 2.38. The monoisotopic (exact) mass is 558 g/mol. The molecule has 0 bridgehead atoms. The van der Waals surface area contributed by atoms with Gasteiger partial charge in [-0.2, -0.15) is 5.10 Å². The lowest BCUT2D eigenvalue weighted by Gasteiger charge is -2.21. The molecule has 1 atom stereocenters. The van der Waals surface area contributed by atoms with Crippen LogP contribution in [-0.2, 0) is 9.59 Å². The smallest absolute Gasteiger partial charge is 0.336 e. The molecular weight excluding hydrogens is 528 g/mol. The molecule has 4 aromatic rings. The van der Waals surface area contributed by atoms with Gasteiger partial charge in [-0.05, 0) is 53.1 Å². The van der Waals surface area contributed by atoms with Crippen molar-refractivity contribution in [2.24, 2.45) is 5.10 Å². The number of methoxy groups -OCH3 is 2. The second-order valence-electron chi connectivity index (χ2n) is 9.47. The molecule has 210 valence electrons. The summed E-state index contributed by atoms with van der Waals surface area (Å²) in [6.07, 6.45) is 6.75. The summed E-state index contributed by atoms with van der Waals surface area (Å²) in [5, 5.41) is 6.22. The number of hydrogen-bond donors (Lipinski definition) is 0. The van der Waals surface area contributed by atoms with Crippen molar-refractivity contribution in [3.05, 3.63) is 138 Å². The number of nitrogens with zero attached hydrogens (tertiary/aromatic N) is 2. The summed E-state index contributed by atoms with van der Waals surface area (Å²) < 4.78 is 16.7. The summed E-state index contributed by atoms with van der Waals surface area (Å²) in [6.45, 7) is 0. The van der Waals surface area contributed by atoms with Crippen LogP contribution in [0.1, 0.15) is 34.7 Å². The number of carbonyl (C=O) groups is 2. The van der Waals surface area contributed by atoms with Gasteiger partial charge in [0.15, 0.2) is 11.5 Å². The van der Waals surface area contributed by atoms with E-state index in [1.54, 1.807) is 38.5 Å². The van der Waals surface area contributed by atoms with Crippen LogP contribution in [0, 0.1) is 0 Å². The number of ether oxygens (including phenoxy) is 3. The molecule has 0 unspecified atom stereocenters. The van der Waals surface area contributed by atoms with Crippen molar-refractivity contribution in [1.29, 1.82) is 0 Å². The van der Waals surface area contributed by atoms with E-state index in [9.17, 15) is 9.59 Å². The molecule has 42 heavy (non-hydrogen) atoms. The summed E-state index contributed by atoms with van der Waals surface area (Å²) in [7, 11) is 3.15. The van der Waals surface area contributed by atoms with E-state index in [1.807, 2.05) is 91.0 Å². The first kappa shape index (κ1) is 28.1. The molecule has 1 aliphatic heterocycles. The van der Waals surface area contributed by atoms with Gasteiger partial charge in [-0.15, -0.1) is 0 Å². The summed E-state index contributed by atoms with van der Waals surface area (Å²) in [4.78, 5) is 26.2. The molecule has 1 amide bonds. The number of rotatable bonds is 9. The van der Waals surface area contributed by atoms with Crippen LogP contribution in [0.3, 0.4) is 0 Å². The van der Waals surface area contributed by atoms with Crippen molar-refractivity contribution in [1.82, 2.24) is 5.01 Å². The normalized spacial score (nSPS) is 14.7. The highest BCUT2D eigenvalue weighted by atomic mass is 16.5. The molecule has 0 aromatic heterocycles. The number of benzene rings is 4. The van der Waals surface area contributed by atoms with Crippen molar-refractivity contribution in [2.75, 3.05) is 14.2 Å². The molecule has 1 aliphatic rings. The zero-order valence-corrected chi connectivity index (χ0v) is 23.3. The van der Waals surface area contributed by atoms with E-state index in [4.69, 9.17) is 19.3 Å². The topological polar surface area (TPSA) is 77.4 Å². The molecule has 0 aliphatic carbocycles. The molecule has 4 aromatic carbocycles. The number of carbonyl (C=O) groups excluding carboxylic acids is 2. The van der Waals surface area contributed by atoms with Crippen molar-refractivity contribution >= 4 is 29.7 Å². The number of amides is 1. The lowest BCUT2D eigenvalue weighted by molar-refractivity contribution is -0.129. The van der Waals surface area contributed by atoms with E-state index in [-0.39, 0.29) is 5.91 Å². The Hall–Kier alpha value is -5.43. The quantitative estimate of drug-likeness (QED) is 0.130. The summed E-state index contributed by atoms with van der Waals surface area (Å²) in [5.74, 6) is 0.700. The van der Waals surface area contributed by atoms with Crippen LogP contribution in [-0.4, -0.2) is 36.8 Å². The van der Waals surface area contributed by atoms with Gasteiger partial charge in [-0.3, -0.25) is 4.79 Å². The van der Waals surface area contributed by atoms with Gasteiger partial charge in [-0.25, -0.2) is 9.80 Å². The van der Waals surface area contributed by atoms with Gasteiger partial charge in [0.25, 0.3) is 5.91 Å². The molecule has 0 spiro atoms. The number of esters is 1. The van der Waals surface area contributed by atoms with E-state index in [1.165, 1.54) is 17.2 Å². The fourth-order valence-electron chi connectivity index (χ4n) is 4.67. The van der Waals surface area contributed by atoms with Gasteiger partial charge in [-0.1, -0.05) is 78.9 Å². The van der Waals surface area contributed by atoms with Gasteiger partial charge in [0.1, 0.15) is 5.75 Å². The van der Waals surface area contributed by atoms with E-state index in [0.29, 0.717) is 34.9 Å². The predicted octanol–water partition coefficient (Wildman–Crippen LogP) is 6.71. The van der Waals surface area contributed by atoms with Crippen molar-refractivity contribution in [2.45, 2.75) is 12.5 Å². The predicted molar refractivity (Wildman–Crippen MR) is 163 cm³/mol. The maximum absolute atomic E-state index is 13.5. The summed E-state index contributed by atoms with van der Waals surface area (Å²) >= 11 is 0. The Kier molecular flexibility index (Phi) is 8.89. The number of hydrogen-bond acceptors (Lipinski definition) is 6. The molecule has 0 fully saturated rings. The van der Waals surface area contributed by atoms with E-state index >= 15 is 0 Å². The van der Waals surface area contributed by atoms with Crippen LogP contribution in [0.25, 0.3) is 12.2 Å². The van der Waals surface area contributed by atoms with Crippen molar-refractivity contribution in [3.8, 4) is 17.2 Å². The molecule has 0 saturated carbocycles. The average molecular weight is 559 g/mol. The first-order valence-electron chi connectivity index (χ1n) is 13.5. The highest BCUT2D eigenvalue weighted by Gasteiger charge is 2.34. The van der Waals surface area contributed by atoms with Gasteiger partial charge >= 0.3 is 5.97 Å². The third kappa shape index (κ3) is 6.64. The first-order valence-corrected chi connectivity index (χ1v) is 13.5. The van der Waals surface area contributed by atoms with Crippen LogP contribution < -0.4 is 14.2 Å². The second kappa shape index (κ2) is 13.3. The third-order valence-electron chi connectivity index (χ3n) is 6.77. The highest BCUT2D eigenvalue weighted by molar-refractivity contribution is 6.07. The second-order valence-corrected chi connectivity index (χ2v) is 9.47. The summed E-state index contributed by atoms with van der Waals surface area (Å²) in [6, 6.07) is 31.4. The Labute approximate surface area is 245 Å². The first-order chi connectivity index (χ1) is 20.6. The molecule has 0 radical (unpaired) electrons. The Morgan fingerprint density at radius 2 is 1.36 bits per heavy atom. The van der Waals surface area contributed by atoms with E-state index in [0.717, 1.165) is 16.7 Å². The average Bonchev–Trinajstić information content (AvgIpc) is 3.49. The molecule has 5 rings (SSSR count). The van der Waals surface area contributed by atoms with Crippen molar-refractivity contribution < 1.29 is 23.8 Å². The van der Waals surface area contributed by atoms with Crippen LogP contribution in [0.5, 0.6) is 17.2 Å². The Bertz CT molecular complexity index is 1640. The maximum Gasteiger partial charge on any atom is 0.336 e. The van der Waals surface area contributed by atoms with Crippen LogP contribution in [0.2, 0.25) is 0 Å². The zero-order chi connectivity index (χ0) is 29.3. The van der Waals surface area contributed by atoms with Crippen LogP contribution in [0.4, 0.5) is 0 Å². The maximum atomic E-state index is 13.5. The lowest BCUT2D eigenvalue weighted by Crippen LogP contribution is -2.25. The SMILES string of the molecule is COc1ccc([C@H]2CC(c3ccccc3OC(=O)/C=C/c3ccccc3)=NN2C(=O)/C=C/c2ccccc2)cc1OC. The van der Waals surface area contributed by atoms with Gasteiger partial charge in [0, 0.05) is 24.1 Å². The lowest BCUT2D eigenvalue weighted by atomic mass is 9.97. The van der Waals surface area contributed by atoms with Gasteiger partial charge in [0.2, 0.25) is 0 Å². The standard InChI is InChI=1S/C35H30N2O5/c1-40-32-20-19-27(23-33(32)41-2)30-24-29(36-37(30)34(38)21-17-25-11-5-3-6-12-25)28-15-9-10-16-31(28)42-35(39)22-18-26-13-7-4-8-14-26/h3-23,30H,24H2,1-2H3/b21-17+,22-18+/t30-/m1/s1. The molecule has 0 N–H and O–H groups in total. The molecular formula is C35H30N2O5. The zero-order valence-electron chi connectivity index (χ0n) is 23.3. The van der Waals surface area contributed by atoms with Crippen LogP contribution in [0.15, 0.2) is 120 Å². The largest absolute Gasteiger partial charge is 0.493 e. The third-order valence-corrected chi connectivity index (χ3v) is 6.77. The van der Waals surface area contributed by atoms with E-state index in [2.05, 4.69) is 0 Å². The molecule has 1 heterocycles. The van der Waals surface area contributed by atoms with Gasteiger partial charge in [0.05, 0.1) is 26.0 Å².